The fraction of sp³-hybridized carbons (Fsp3) is 0.647. The molecule has 1 aromatic rings. The van der Waals surface area contributed by atoms with Crippen molar-refractivity contribution in [1.82, 2.24) is 9.88 Å². The first-order chi connectivity index (χ1) is 10.6. The summed E-state index contributed by atoms with van der Waals surface area (Å²) >= 11 is 0. The molecule has 1 saturated heterocycles. The maximum absolute atomic E-state index is 12.8. The summed E-state index contributed by atoms with van der Waals surface area (Å²) in [6.07, 6.45) is 6.78. The van der Waals surface area contributed by atoms with Gasteiger partial charge < -0.3 is 14.6 Å². The third kappa shape index (κ3) is 2.95. The average Bonchev–Trinajstić information content (AvgIpc) is 2.93. The Bertz CT molecular complexity index is 571. The van der Waals surface area contributed by atoms with Gasteiger partial charge in [0.15, 0.2) is 0 Å². The lowest BCUT2D eigenvalue weighted by atomic mass is 9.68. The molecular weight excluding hydrogens is 280 g/mol. The fourth-order valence-electron chi connectivity index (χ4n) is 3.72. The number of hydrogen-bond acceptors (Lipinski definition) is 3. The van der Waals surface area contributed by atoms with Crippen LogP contribution in [-0.2, 0) is 16.0 Å². The molecule has 2 aliphatic rings. The first-order valence-electron chi connectivity index (χ1n) is 8.09. The van der Waals surface area contributed by atoms with Gasteiger partial charge in [0.25, 0.3) is 0 Å². The van der Waals surface area contributed by atoms with Crippen LogP contribution in [-0.4, -0.2) is 42.6 Å². The standard InChI is InChI=1S/C17H24N2O3/c1-22-12-17(6-2-7-17)16(21)19-8-5-14(11-19)9-13-3-4-15(20)18-10-13/h3-4,10,14H,2,5-9,11-12H2,1H3,(H,18,20)/t14-/m0/s1. The van der Waals surface area contributed by atoms with Crippen molar-refractivity contribution in [3.8, 4) is 0 Å². The Morgan fingerprint density at radius 2 is 2.27 bits per heavy atom. The molecule has 0 radical (unpaired) electrons. The Morgan fingerprint density at radius 3 is 2.86 bits per heavy atom. The quantitative estimate of drug-likeness (QED) is 0.898. The van der Waals surface area contributed by atoms with Crippen LogP contribution in [0.15, 0.2) is 23.1 Å². The first kappa shape index (κ1) is 15.3. The van der Waals surface area contributed by atoms with Crippen molar-refractivity contribution in [2.45, 2.75) is 32.1 Å². The van der Waals surface area contributed by atoms with Crippen molar-refractivity contribution < 1.29 is 9.53 Å². The highest BCUT2D eigenvalue weighted by Gasteiger charge is 2.47. The van der Waals surface area contributed by atoms with Crippen molar-refractivity contribution in [2.24, 2.45) is 11.3 Å². The largest absolute Gasteiger partial charge is 0.384 e. The number of aromatic nitrogens is 1. The van der Waals surface area contributed by atoms with Gasteiger partial charge in [0, 0.05) is 32.5 Å². The van der Waals surface area contributed by atoms with E-state index < -0.39 is 0 Å². The van der Waals surface area contributed by atoms with Gasteiger partial charge in [-0.05, 0) is 37.2 Å². The molecule has 0 spiro atoms. The van der Waals surface area contributed by atoms with Gasteiger partial charge >= 0.3 is 0 Å². The Labute approximate surface area is 130 Å². The number of nitrogens with one attached hydrogen (secondary N) is 1. The minimum Gasteiger partial charge on any atom is -0.384 e. The maximum atomic E-state index is 12.8. The van der Waals surface area contributed by atoms with Crippen LogP contribution >= 0.6 is 0 Å². The number of aromatic amines is 1. The smallest absolute Gasteiger partial charge is 0.247 e. The Morgan fingerprint density at radius 1 is 1.45 bits per heavy atom. The summed E-state index contributed by atoms with van der Waals surface area (Å²) in [5.74, 6) is 0.763. The molecule has 1 aliphatic heterocycles. The summed E-state index contributed by atoms with van der Waals surface area (Å²) in [4.78, 5) is 28.6. The molecule has 1 amide bonds. The molecule has 2 heterocycles. The van der Waals surface area contributed by atoms with E-state index in [1.165, 1.54) is 0 Å². The molecule has 2 fully saturated rings. The molecule has 0 bridgehead atoms. The predicted molar refractivity (Wildman–Crippen MR) is 83.6 cm³/mol. The van der Waals surface area contributed by atoms with Crippen LogP contribution < -0.4 is 5.56 Å². The summed E-state index contributed by atoms with van der Waals surface area (Å²) < 4.78 is 5.28. The van der Waals surface area contributed by atoms with Crippen molar-refractivity contribution in [3.63, 3.8) is 0 Å². The van der Waals surface area contributed by atoms with Crippen LogP contribution in [0.4, 0.5) is 0 Å². The molecule has 5 heteroatoms. The molecule has 22 heavy (non-hydrogen) atoms. The van der Waals surface area contributed by atoms with Crippen LogP contribution in [0.1, 0.15) is 31.2 Å². The van der Waals surface area contributed by atoms with Gasteiger partial charge in [-0.3, -0.25) is 9.59 Å². The number of rotatable bonds is 5. The second-order valence-corrected chi connectivity index (χ2v) is 6.74. The molecule has 1 aliphatic carbocycles. The third-order valence-corrected chi connectivity index (χ3v) is 5.13. The number of hydrogen-bond donors (Lipinski definition) is 1. The molecule has 1 aromatic heterocycles. The van der Waals surface area contributed by atoms with Crippen molar-refractivity contribution >= 4 is 5.91 Å². The lowest BCUT2D eigenvalue weighted by molar-refractivity contribution is -0.151. The highest BCUT2D eigenvalue weighted by atomic mass is 16.5. The van der Waals surface area contributed by atoms with Gasteiger partial charge in [-0.2, -0.15) is 0 Å². The first-order valence-corrected chi connectivity index (χ1v) is 8.09. The zero-order chi connectivity index (χ0) is 15.6. The van der Waals surface area contributed by atoms with Crippen LogP contribution in [0.3, 0.4) is 0 Å². The Hall–Kier alpha value is -1.62. The van der Waals surface area contributed by atoms with E-state index in [4.69, 9.17) is 4.74 Å². The number of methoxy groups -OCH3 is 1. The van der Waals surface area contributed by atoms with Gasteiger partial charge in [0.1, 0.15) is 0 Å². The minimum absolute atomic E-state index is 0.0709. The van der Waals surface area contributed by atoms with E-state index in [-0.39, 0.29) is 16.9 Å². The van der Waals surface area contributed by atoms with Gasteiger partial charge in [-0.1, -0.05) is 12.5 Å². The second-order valence-electron chi connectivity index (χ2n) is 6.74. The van der Waals surface area contributed by atoms with Crippen molar-refractivity contribution in [2.75, 3.05) is 26.8 Å². The number of carbonyl (C=O) groups excluding carboxylic acids is 1. The van der Waals surface area contributed by atoms with Crippen molar-refractivity contribution in [1.29, 1.82) is 0 Å². The maximum Gasteiger partial charge on any atom is 0.247 e. The van der Waals surface area contributed by atoms with Crippen LogP contribution in [0.25, 0.3) is 0 Å². The van der Waals surface area contributed by atoms with Gasteiger partial charge in [0.2, 0.25) is 11.5 Å². The van der Waals surface area contributed by atoms with Gasteiger partial charge in [0.05, 0.1) is 12.0 Å². The molecule has 120 valence electrons. The highest BCUT2D eigenvalue weighted by Crippen LogP contribution is 2.43. The van der Waals surface area contributed by atoms with E-state index in [1.54, 1.807) is 19.4 Å². The summed E-state index contributed by atoms with van der Waals surface area (Å²) in [6.45, 7) is 2.22. The molecule has 3 rings (SSSR count). The van der Waals surface area contributed by atoms with Gasteiger partial charge in [-0.15, -0.1) is 0 Å². The van der Waals surface area contributed by atoms with E-state index in [2.05, 4.69) is 4.98 Å². The zero-order valence-electron chi connectivity index (χ0n) is 13.1. The van der Waals surface area contributed by atoms with E-state index in [0.717, 1.165) is 50.8 Å². The number of amides is 1. The number of carbonyl (C=O) groups is 1. The van der Waals surface area contributed by atoms with E-state index in [1.807, 2.05) is 11.0 Å². The monoisotopic (exact) mass is 304 g/mol. The predicted octanol–water partition coefficient (Wildman–Crippen LogP) is 1.58. The lowest BCUT2D eigenvalue weighted by Gasteiger charge is -2.42. The van der Waals surface area contributed by atoms with E-state index in [0.29, 0.717) is 12.5 Å². The molecule has 5 nitrogen and oxygen atoms in total. The molecular formula is C17H24N2O3. The SMILES string of the molecule is COCC1(C(=O)N2CC[C@@H](Cc3ccc(=O)[nH]c3)C2)CCC1. The topological polar surface area (TPSA) is 62.4 Å². The van der Waals surface area contributed by atoms with E-state index >= 15 is 0 Å². The number of likely N-dealkylation sites (tertiary alicyclic amines) is 1. The lowest BCUT2D eigenvalue weighted by Crippen LogP contribution is -2.49. The Kier molecular flexibility index (Phi) is 4.34. The zero-order valence-corrected chi connectivity index (χ0v) is 13.1. The second kappa shape index (κ2) is 6.24. The average molecular weight is 304 g/mol. The Balaban J connectivity index is 1.58. The van der Waals surface area contributed by atoms with Gasteiger partial charge in [-0.25, -0.2) is 0 Å². The van der Waals surface area contributed by atoms with Crippen LogP contribution in [0.2, 0.25) is 0 Å². The summed E-state index contributed by atoms with van der Waals surface area (Å²) in [7, 11) is 1.68. The number of ether oxygens (including phenoxy) is 1. The summed E-state index contributed by atoms with van der Waals surface area (Å²) in [5.41, 5.74) is 0.814. The minimum atomic E-state index is -0.248. The van der Waals surface area contributed by atoms with Crippen LogP contribution in [0, 0.1) is 11.3 Å². The van der Waals surface area contributed by atoms with Crippen LogP contribution in [0.5, 0.6) is 0 Å². The molecule has 0 aromatic carbocycles. The summed E-state index contributed by atoms with van der Waals surface area (Å²) in [5, 5.41) is 0. The molecule has 0 unspecified atom stereocenters. The normalized spacial score (nSPS) is 23.3. The summed E-state index contributed by atoms with van der Waals surface area (Å²) in [6, 6.07) is 3.44. The highest BCUT2D eigenvalue weighted by molar-refractivity contribution is 5.84. The molecule has 1 atom stereocenters. The third-order valence-electron chi connectivity index (χ3n) is 5.13. The molecule has 1 N–H and O–H groups in total. The fourth-order valence-corrected chi connectivity index (χ4v) is 3.72. The number of pyridine rings is 1. The number of H-pyrrole nitrogens is 1. The molecule has 1 saturated carbocycles. The number of nitrogens with zero attached hydrogens (tertiary/aromatic N) is 1. The van der Waals surface area contributed by atoms with Crippen molar-refractivity contribution in [3.05, 3.63) is 34.2 Å². The van der Waals surface area contributed by atoms with E-state index in [9.17, 15) is 9.59 Å².